The van der Waals surface area contributed by atoms with Crippen LogP contribution >= 0.6 is 0 Å². The van der Waals surface area contributed by atoms with E-state index in [1.807, 2.05) is 30.0 Å². The molecule has 0 atom stereocenters. The Bertz CT molecular complexity index is 784. The predicted octanol–water partition coefficient (Wildman–Crippen LogP) is 1.93. The smallest absolute Gasteiger partial charge is 0.255 e. The quantitative estimate of drug-likeness (QED) is 0.843. The summed E-state index contributed by atoms with van der Waals surface area (Å²) in [5, 5.41) is 0. The average Bonchev–Trinajstić information content (AvgIpc) is 2.68. The summed E-state index contributed by atoms with van der Waals surface area (Å²) in [6.07, 6.45) is 3.58. The molecule has 3 rings (SSSR count). The van der Waals surface area contributed by atoms with E-state index in [0.717, 1.165) is 16.9 Å². The molecular weight excluding hydrogens is 330 g/mol. The maximum absolute atomic E-state index is 12.6. The van der Waals surface area contributed by atoms with Crippen LogP contribution in [0.15, 0.2) is 42.7 Å². The van der Waals surface area contributed by atoms with Crippen molar-refractivity contribution in [3.8, 4) is 5.75 Å². The number of aryl methyl sites for hydroxylation is 1. The summed E-state index contributed by atoms with van der Waals surface area (Å²) in [6.45, 7) is 4.16. The average molecular weight is 353 g/mol. The van der Waals surface area contributed by atoms with Crippen LogP contribution < -0.4 is 4.74 Å². The zero-order valence-electron chi connectivity index (χ0n) is 15.1. The molecule has 2 amide bonds. The number of carbonyl (C=O) groups excluding carboxylic acids is 2. The first-order valence-electron chi connectivity index (χ1n) is 8.69. The van der Waals surface area contributed by atoms with Crippen molar-refractivity contribution in [2.75, 3.05) is 33.3 Å². The number of nitrogens with zero attached hydrogens (tertiary/aromatic N) is 3. The maximum Gasteiger partial charge on any atom is 0.255 e. The monoisotopic (exact) mass is 353 g/mol. The summed E-state index contributed by atoms with van der Waals surface area (Å²) < 4.78 is 5.25. The number of hydrogen-bond donors (Lipinski definition) is 0. The zero-order chi connectivity index (χ0) is 18.5. The van der Waals surface area contributed by atoms with E-state index in [-0.39, 0.29) is 11.8 Å². The van der Waals surface area contributed by atoms with Gasteiger partial charge in [-0.05, 0) is 36.2 Å². The largest absolute Gasteiger partial charge is 0.496 e. The van der Waals surface area contributed by atoms with Gasteiger partial charge in [0, 0.05) is 38.6 Å². The topological polar surface area (TPSA) is 62.7 Å². The van der Waals surface area contributed by atoms with Crippen LogP contribution in [0.4, 0.5) is 0 Å². The van der Waals surface area contributed by atoms with Crippen LogP contribution in [0.5, 0.6) is 5.75 Å². The lowest BCUT2D eigenvalue weighted by atomic mass is 10.1. The zero-order valence-corrected chi connectivity index (χ0v) is 15.1. The fraction of sp³-hybridized carbons (Fsp3) is 0.350. The van der Waals surface area contributed by atoms with Crippen molar-refractivity contribution >= 4 is 11.8 Å². The lowest BCUT2D eigenvalue weighted by Crippen LogP contribution is -2.51. The number of methoxy groups -OCH3 is 1. The Kier molecular flexibility index (Phi) is 5.51. The van der Waals surface area contributed by atoms with Crippen LogP contribution in [0.25, 0.3) is 0 Å². The van der Waals surface area contributed by atoms with Gasteiger partial charge >= 0.3 is 0 Å². The van der Waals surface area contributed by atoms with Crippen LogP contribution in [0.2, 0.25) is 0 Å². The molecule has 0 bridgehead atoms. The van der Waals surface area contributed by atoms with E-state index in [0.29, 0.717) is 38.2 Å². The molecule has 1 aromatic carbocycles. The number of hydrogen-bond acceptors (Lipinski definition) is 4. The SMILES string of the molecule is COc1ccc(CC(=O)N2CCN(C(=O)c3cccnc3)CC2)cc1C. The van der Waals surface area contributed by atoms with E-state index < -0.39 is 0 Å². The predicted molar refractivity (Wildman–Crippen MR) is 98.2 cm³/mol. The van der Waals surface area contributed by atoms with Crippen LogP contribution in [0.3, 0.4) is 0 Å². The summed E-state index contributed by atoms with van der Waals surface area (Å²) in [7, 11) is 1.64. The van der Waals surface area contributed by atoms with E-state index in [2.05, 4.69) is 4.98 Å². The van der Waals surface area contributed by atoms with E-state index >= 15 is 0 Å². The number of rotatable bonds is 4. The highest BCUT2D eigenvalue weighted by atomic mass is 16.5. The van der Waals surface area contributed by atoms with Gasteiger partial charge in [-0.1, -0.05) is 12.1 Å². The highest BCUT2D eigenvalue weighted by Crippen LogP contribution is 2.19. The molecule has 0 unspecified atom stereocenters. The van der Waals surface area contributed by atoms with Crippen molar-refractivity contribution in [1.82, 2.24) is 14.8 Å². The van der Waals surface area contributed by atoms with Gasteiger partial charge in [0.15, 0.2) is 0 Å². The molecule has 0 radical (unpaired) electrons. The molecule has 0 spiro atoms. The molecule has 0 N–H and O–H groups in total. The Balaban J connectivity index is 1.55. The van der Waals surface area contributed by atoms with Crippen molar-refractivity contribution in [2.24, 2.45) is 0 Å². The van der Waals surface area contributed by atoms with Gasteiger partial charge in [0.2, 0.25) is 5.91 Å². The van der Waals surface area contributed by atoms with Gasteiger partial charge in [-0.25, -0.2) is 0 Å². The first kappa shape index (κ1) is 17.9. The highest BCUT2D eigenvalue weighted by Gasteiger charge is 2.25. The van der Waals surface area contributed by atoms with E-state index in [4.69, 9.17) is 4.74 Å². The molecule has 2 heterocycles. The molecule has 1 saturated heterocycles. The van der Waals surface area contributed by atoms with E-state index in [1.54, 1.807) is 36.5 Å². The molecule has 6 heteroatoms. The Morgan fingerprint density at radius 1 is 1.12 bits per heavy atom. The third kappa shape index (κ3) is 4.02. The Morgan fingerprint density at radius 2 is 1.85 bits per heavy atom. The lowest BCUT2D eigenvalue weighted by Gasteiger charge is -2.34. The number of ether oxygens (including phenoxy) is 1. The number of benzene rings is 1. The summed E-state index contributed by atoms with van der Waals surface area (Å²) in [6, 6.07) is 9.32. The Hall–Kier alpha value is -2.89. The third-order valence-electron chi connectivity index (χ3n) is 4.64. The van der Waals surface area contributed by atoms with Crippen LogP contribution in [0, 0.1) is 6.92 Å². The van der Waals surface area contributed by atoms with Gasteiger partial charge in [0.1, 0.15) is 5.75 Å². The fourth-order valence-electron chi connectivity index (χ4n) is 3.17. The molecular formula is C20H23N3O3. The summed E-state index contributed by atoms with van der Waals surface area (Å²) in [5.41, 5.74) is 2.58. The molecule has 0 saturated carbocycles. The number of amides is 2. The van der Waals surface area contributed by atoms with Crippen LogP contribution in [0.1, 0.15) is 21.5 Å². The van der Waals surface area contributed by atoms with Crippen molar-refractivity contribution in [2.45, 2.75) is 13.3 Å². The van der Waals surface area contributed by atoms with Gasteiger partial charge in [0.25, 0.3) is 5.91 Å². The number of carbonyl (C=O) groups is 2. The van der Waals surface area contributed by atoms with Crippen molar-refractivity contribution in [3.63, 3.8) is 0 Å². The molecule has 6 nitrogen and oxygen atoms in total. The molecule has 1 aliphatic rings. The number of pyridine rings is 1. The Morgan fingerprint density at radius 3 is 2.46 bits per heavy atom. The van der Waals surface area contributed by atoms with Crippen molar-refractivity contribution in [3.05, 3.63) is 59.4 Å². The van der Waals surface area contributed by atoms with Crippen LogP contribution in [-0.4, -0.2) is 59.9 Å². The standard InChI is InChI=1S/C20H23N3O3/c1-15-12-16(5-6-18(15)26-2)13-19(24)22-8-10-23(11-9-22)20(25)17-4-3-7-21-14-17/h3-7,12,14H,8-11,13H2,1-2H3. The number of piperazine rings is 1. The minimum atomic E-state index is -0.0315. The second-order valence-electron chi connectivity index (χ2n) is 6.40. The highest BCUT2D eigenvalue weighted by molar-refractivity contribution is 5.94. The molecule has 1 aliphatic heterocycles. The first-order valence-corrected chi connectivity index (χ1v) is 8.69. The van der Waals surface area contributed by atoms with E-state index in [9.17, 15) is 9.59 Å². The number of aromatic nitrogens is 1. The Labute approximate surface area is 153 Å². The summed E-state index contributed by atoms with van der Waals surface area (Å²) >= 11 is 0. The lowest BCUT2D eigenvalue weighted by molar-refractivity contribution is -0.131. The summed E-state index contributed by atoms with van der Waals surface area (Å²) in [4.78, 5) is 32.6. The van der Waals surface area contributed by atoms with Gasteiger partial charge in [-0.3, -0.25) is 14.6 Å². The molecule has 26 heavy (non-hydrogen) atoms. The second kappa shape index (κ2) is 7.99. The first-order chi connectivity index (χ1) is 12.6. The maximum atomic E-state index is 12.6. The fourth-order valence-corrected chi connectivity index (χ4v) is 3.17. The van der Waals surface area contributed by atoms with Gasteiger partial charge in [0.05, 0.1) is 19.1 Å². The second-order valence-corrected chi connectivity index (χ2v) is 6.40. The summed E-state index contributed by atoms with van der Waals surface area (Å²) in [5.74, 6) is 0.878. The van der Waals surface area contributed by atoms with Crippen molar-refractivity contribution < 1.29 is 14.3 Å². The third-order valence-corrected chi connectivity index (χ3v) is 4.64. The minimum absolute atomic E-state index is 0.0315. The molecule has 1 fully saturated rings. The van der Waals surface area contributed by atoms with E-state index in [1.165, 1.54) is 0 Å². The molecule has 136 valence electrons. The molecule has 1 aromatic heterocycles. The van der Waals surface area contributed by atoms with Crippen LogP contribution in [-0.2, 0) is 11.2 Å². The molecule has 2 aromatic rings. The minimum Gasteiger partial charge on any atom is -0.496 e. The van der Waals surface area contributed by atoms with Crippen molar-refractivity contribution in [1.29, 1.82) is 0 Å². The van der Waals surface area contributed by atoms with Gasteiger partial charge < -0.3 is 14.5 Å². The normalized spacial score (nSPS) is 14.2. The molecule has 0 aliphatic carbocycles. The van der Waals surface area contributed by atoms with Gasteiger partial charge in [-0.15, -0.1) is 0 Å². The van der Waals surface area contributed by atoms with Gasteiger partial charge in [-0.2, -0.15) is 0 Å².